The Balaban J connectivity index is 2.29. The van der Waals surface area contributed by atoms with Crippen molar-refractivity contribution in [3.8, 4) is 0 Å². The predicted molar refractivity (Wildman–Crippen MR) is 56.9 cm³/mol. The Labute approximate surface area is 86.4 Å². The molecule has 1 fully saturated rings. The molecule has 0 bridgehead atoms. The fourth-order valence-electron chi connectivity index (χ4n) is 2.21. The van der Waals surface area contributed by atoms with Crippen molar-refractivity contribution < 1.29 is 8.42 Å². The third kappa shape index (κ3) is 4.39. The molecule has 1 aliphatic carbocycles. The number of nitrogens with one attached hydrogen (secondary N) is 1. The van der Waals surface area contributed by atoms with Gasteiger partial charge in [-0.15, -0.1) is 0 Å². The van der Waals surface area contributed by atoms with Crippen LogP contribution in [0.15, 0.2) is 0 Å². The molecule has 84 valence electrons. The second-order valence-corrected chi connectivity index (χ2v) is 5.49. The number of rotatable bonds is 4. The van der Waals surface area contributed by atoms with E-state index >= 15 is 0 Å². The van der Waals surface area contributed by atoms with Crippen LogP contribution in [0.4, 0.5) is 0 Å². The maximum absolute atomic E-state index is 10.8. The molecule has 1 saturated carbocycles. The van der Waals surface area contributed by atoms with Gasteiger partial charge in [0, 0.05) is 6.04 Å². The minimum absolute atomic E-state index is 0.0677. The fourth-order valence-corrected chi connectivity index (χ4v) is 2.91. The lowest BCUT2D eigenvalue weighted by molar-refractivity contribution is 0.297. The monoisotopic (exact) mass is 220 g/mol. The summed E-state index contributed by atoms with van der Waals surface area (Å²) in [5, 5.41) is 4.92. The third-order valence-electron chi connectivity index (χ3n) is 2.87. The molecule has 0 aromatic heterocycles. The molecule has 4 nitrogen and oxygen atoms in total. The Hall–Kier alpha value is -0.130. The molecular weight excluding hydrogens is 200 g/mol. The van der Waals surface area contributed by atoms with Gasteiger partial charge in [-0.2, -0.15) is 13.1 Å². The van der Waals surface area contributed by atoms with Crippen LogP contribution < -0.4 is 9.86 Å². The second kappa shape index (κ2) is 5.09. The molecule has 3 N–H and O–H groups in total. The molecule has 0 heterocycles. The summed E-state index contributed by atoms with van der Waals surface area (Å²) in [4.78, 5) is 0. The molecule has 0 unspecified atom stereocenters. The molecule has 0 saturated heterocycles. The van der Waals surface area contributed by atoms with Gasteiger partial charge < -0.3 is 0 Å². The Morgan fingerprint density at radius 3 is 2.29 bits per heavy atom. The van der Waals surface area contributed by atoms with E-state index in [4.69, 9.17) is 5.14 Å². The van der Waals surface area contributed by atoms with Crippen molar-refractivity contribution in [3.63, 3.8) is 0 Å². The summed E-state index contributed by atoms with van der Waals surface area (Å²) >= 11 is 0. The van der Waals surface area contributed by atoms with Gasteiger partial charge >= 0.3 is 0 Å². The van der Waals surface area contributed by atoms with Crippen molar-refractivity contribution in [1.82, 2.24) is 4.72 Å². The van der Waals surface area contributed by atoms with Crippen molar-refractivity contribution in [1.29, 1.82) is 0 Å². The second-order valence-electron chi connectivity index (χ2n) is 4.17. The Kier molecular flexibility index (Phi) is 4.34. The molecule has 0 radical (unpaired) electrons. The van der Waals surface area contributed by atoms with Gasteiger partial charge in [0.15, 0.2) is 0 Å². The largest absolute Gasteiger partial charge is 0.274 e. The van der Waals surface area contributed by atoms with Crippen LogP contribution >= 0.6 is 0 Å². The van der Waals surface area contributed by atoms with Crippen LogP contribution in [0.2, 0.25) is 0 Å². The molecular formula is C9H20N2O2S. The zero-order chi connectivity index (χ0) is 10.6. The van der Waals surface area contributed by atoms with Gasteiger partial charge in [0.05, 0.1) is 0 Å². The van der Waals surface area contributed by atoms with Crippen LogP contribution in [0, 0.1) is 5.92 Å². The van der Waals surface area contributed by atoms with Gasteiger partial charge in [-0.05, 0) is 31.6 Å². The highest BCUT2D eigenvalue weighted by molar-refractivity contribution is 7.87. The van der Waals surface area contributed by atoms with Gasteiger partial charge in [0.2, 0.25) is 0 Å². The quantitative estimate of drug-likeness (QED) is 0.745. The molecule has 0 amide bonds. The molecule has 1 rings (SSSR count). The lowest BCUT2D eigenvalue weighted by Gasteiger charge is -2.28. The van der Waals surface area contributed by atoms with Crippen LogP contribution in [-0.2, 0) is 10.2 Å². The maximum atomic E-state index is 10.8. The van der Waals surface area contributed by atoms with E-state index < -0.39 is 10.2 Å². The average Bonchev–Trinajstić information content (AvgIpc) is 2.06. The minimum Gasteiger partial charge on any atom is -0.216 e. The summed E-state index contributed by atoms with van der Waals surface area (Å²) in [6.07, 6.45) is 6.60. The summed E-state index contributed by atoms with van der Waals surface area (Å²) in [6.45, 7) is 2.19. The van der Waals surface area contributed by atoms with Crippen molar-refractivity contribution in [2.45, 2.75) is 51.5 Å². The lowest BCUT2D eigenvalue weighted by atomic mass is 9.84. The van der Waals surface area contributed by atoms with Gasteiger partial charge in [-0.1, -0.05) is 19.8 Å². The topological polar surface area (TPSA) is 72.2 Å². The third-order valence-corrected chi connectivity index (χ3v) is 3.54. The Morgan fingerprint density at radius 2 is 1.86 bits per heavy atom. The van der Waals surface area contributed by atoms with E-state index in [9.17, 15) is 8.42 Å². The highest BCUT2D eigenvalue weighted by atomic mass is 32.2. The van der Waals surface area contributed by atoms with E-state index in [0.29, 0.717) is 0 Å². The minimum atomic E-state index is -3.50. The molecule has 0 spiro atoms. The molecule has 0 aliphatic heterocycles. The zero-order valence-electron chi connectivity index (χ0n) is 8.70. The van der Waals surface area contributed by atoms with Crippen LogP contribution in [0.3, 0.4) is 0 Å². The van der Waals surface area contributed by atoms with Crippen molar-refractivity contribution in [2.24, 2.45) is 11.1 Å². The van der Waals surface area contributed by atoms with E-state index in [-0.39, 0.29) is 6.04 Å². The SMILES string of the molecule is CCCC1CCC(NS(N)(=O)=O)CC1. The van der Waals surface area contributed by atoms with Crippen LogP contribution in [-0.4, -0.2) is 14.5 Å². The first-order chi connectivity index (χ1) is 6.51. The van der Waals surface area contributed by atoms with Gasteiger partial charge in [0.25, 0.3) is 10.2 Å². The normalized spacial score (nSPS) is 29.0. The lowest BCUT2D eigenvalue weighted by Crippen LogP contribution is -2.41. The van der Waals surface area contributed by atoms with E-state index in [1.54, 1.807) is 0 Å². The van der Waals surface area contributed by atoms with E-state index in [0.717, 1.165) is 31.6 Å². The molecule has 0 atom stereocenters. The number of hydrogen-bond acceptors (Lipinski definition) is 2. The summed E-state index contributed by atoms with van der Waals surface area (Å²) < 4.78 is 24.0. The highest BCUT2D eigenvalue weighted by Crippen LogP contribution is 2.27. The predicted octanol–water partition coefficient (Wildman–Crippen LogP) is 1.14. The summed E-state index contributed by atoms with van der Waals surface area (Å²) in [6, 6.07) is 0.0677. The van der Waals surface area contributed by atoms with Crippen molar-refractivity contribution in [3.05, 3.63) is 0 Å². The molecule has 14 heavy (non-hydrogen) atoms. The van der Waals surface area contributed by atoms with Crippen LogP contribution in [0.25, 0.3) is 0 Å². The van der Waals surface area contributed by atoms with E-state index in [1.165, 1.54) is 12.8 Å². The Morgan fingerprint density at radius 1 is 1.29 bits per heavy atom. The van der Waals surface area contributed by atoms with E-state index in [2.05, 4.69) is 11.6 Å². The van der Waals surface area contributed by atoms with Gasteiger partial charge in [-0.25, -0.2) is 5.14 Å². The summed E-state index contributed by atoms with van der Waals surface area (Å²) in [5.74, 6) is 0.790. The molecule has 0 aromatic carbocycles. The van der Waals surface area contributed by atoms with Crippen LogP contribution in [0.5, 0.6) is 0 Å². The summed E-state index contributed by atoms with van der Waals surface area (Å²) in [5.41, 5.74) is 0. The number of nitrogens with two attached hydrogens (primary N) is 1. The smallest absolute Gasteiger partial charge is 0.216 e. The first-order valence-corrected chi connectivity index (χ1v) is 6.86. The maximum Gasteiger partial charge on any atom is 0.274 e. The summed E-state index contributed by atoms with van der Waals surface area (Å²) in [7, 11) is -3.50. The van der Waals surface area contributed by atoms with Gasteiger partial charge in [0.1, 0.15) is 0 Å². The first-order valence-electron chi connectivity index (χ1n) is 5.31. The molecule has 1 aliphatic rings. The highest BCUT2D eigenvalue weighted by Gasteiger charge is 2.22. The first kappa shape index (κ1) is 11.9. The standard InChI is InChI=1S/C9H20N2O2S/c1-2-3-8-4-6-9(7-5-8)11-14(10,12)13/h8-9,11H,2-7H2,1H3,(H2,10,12,13). The van der Waals surface area contributed by atoms with E-state index in [1.807, 2.05) is 0 Å². The number of hydrogen-bond donors (Lipinski definition) is 2. The van der Waals surface area contributed by atoms with Crippen molar-refractivity contribution in [2.75, 3.05) is 0 Å². The zero-order valence-corrected chi connectivity index (χ0v) is 9.52. The average molecular weight is 220 g/mol. The van der Waals surface area contributed by atoms with Gasteiger partial charge in [-0.3, -0.25) is 0 Å². The molecule has 5 heteroatoms. The van der Waals surface area contributed by atoms with Crippen LogP contribution in [0.1, 0.15) is 45.4 Å². The molecule has 0 aromatic rings. The van der Waals surface area contributed by atoms with Crippen molar-refractivity contribution >= 4 is 10.2 Å². The fraction of sp³-hybridized carbons (Fsp3) is 1.00. The Bertz CT molecular complexity index is 256.